The van der Waals surface area contributed by atoms with Crippen molar-refractivity contribution in [2.24, 2.45) is 0 Å². The fourth-order valence-electron chi connectivity index (χ4n) is 2.91. The van der Waals surface area contributed by atoms with Crippen LogP contribution in [-0.4, -0.2) is 56.0 Å². The highest BCUT2D eigenvalue weighted by molar-refractivity contribution is 7.89. The Kier molecular flexibility index (Phi) is 4.51. The molecule has 7 nitrogen and oxygen atoms in total. The maximum Gasteiger partial charge on any atom is 0.243 e. The van der Waals surface area contributed by atoms with Gasteiger partial charge in [-0.05, 0) is 36.4 Å². The highest BCUT2D eigenvalue weighted by atomic mass is 32.2. The summed E-state index contributed by atoms with van der Waals surface area (Å²) in [5, 5.41) is 0.889. The van der Waals surface area contributed by atoms with Crippen LogP contribution in [0.15, 0.2) is 47.5 Å². The molecule has 0 atom stereocenters. The first-order chi connectivity index (χ1) is 12.6. The normalized spacial score (nSPS) is 16.1. The molecule has 3 heterocycles. The molecule has 0 radical (unpaired) electrons. The van der Waals surface area contributed by atoms with Gasteiger partial charge in [0.05, 0.1) is 12.0 Å². The minimum Gasteiger partial charge on any atom is -0.497 e. The zero-order valence-electron chi connectivity index (χ0n) is 14.2. The van der Waals surface area contributed by atoms with Crippen molar-refractivity contribution in [3.63, 3.8) is 0 Å². The highest BCUT2D eigenvalue weighted by Crippen LogP contribution is 2.28. The quantitative estimate of drug-likeness (QED) is 0.680. The highest BCUT2D eigenvalue weighted by Gasteiger charge is 2.29. The summed E-state index contributed by atoms with van der Waals surface area (Å²) in [7, 11) is -1.94. The van der Waals surface area contributed by atoms with Gasteiger partial charge in [0, 0.05) is 32.4 Å². The summed E-state index contributed by atoms with van der Waals surface area (Å²) in [5.41, 5.74) is 0.876. The van der Waals surface area contributed by atoms with Crippen LogP contribution >= 0.6 is 11.3 Å². The Balaban J connectivity index is 1.48. The number of methoxy groups -OCH3 is 1. The number of benzene rings is 1. The first kappa shape index (κ1) is 17.2. The molecule has 0 bridgehead atoms. The van der Waals surface area contributed by atoms with Crippen molar-refractivity contribution in [3.05, 3.63) is 42.6 Å². The molecule has 2 aromatic heterocycles. The molecule has 0 spiro atoms. The predicted octanol–water partition coefficient (Wildman–Crippen LogP) is 2.21. The van der Waals surface area contributed by atoms with Gasteiger partial charge in [0.25, 0.3) is 0 Å². The van der Waals surface area contributed by atoms with Gasteiger partial charge in [0.1, 0.15) is 16.1 Å². The minimum atomic E-state index is -3.50. The second-order valence-electron chi connectivity index (χ2n) is 5.89. The average Bonchev–Trinajstić information content (AvgIpc) is 3.12. The molecule has 0 N–H and O–H groups in total. The zero-order chi connectivity index (χ0) is 18.1. The number of thiazole rings is 1. The van der Waals surface area contributed by atoms with Crippen LogP contribution in [0.4, 0.5) is 5.13 Å². The molecule has 4 rings (SSSR count). The molecule has 1 fully saturated rings. The third kappa shape index (κ3) is 3.13. The minimum absolute atomic E-state index is 0.288. The van der Waals surface area contributed by atoms with E-state index in [1.54, 1.807) is 37.6 Å². The van der Waals surface area contributed by atoms with E-state index in [4.69, 9.17) is 4.74 Å². The summed E-state index contributed by atoms with van der Waals surface area (Å²) in [5.74, 6) is 0.637. The molecule has 136 valence electrons. The van der Waals surface area contributed by atoms with E-state index in [0.717, 1.165) is 15.5 Å². The third-order valence-electron chi connectivity index (χ3n) is 4.36. The van der Waals surface area contributed by atoms with Crippen LogP contribution in [0.3, 0.4) is 0 Å². The van der Waals surface area contributed by atoms with Crippen LogP contribution in [0, 0.1) is 0 Å². The van der Waals surface area contributed by atoms with Crippen LogP contribution in [0.5, 0.6) is 5.75 Å². The largest absolute Gasteiger partial charge is 0.497 e. The zero-order valence-corrected chi connectivity index (χ0v) is 15.8. The summed E-state index contributed by atoms with van der Waals surface area (Å²) in [6.07, 6.45) is 1.75. The molecular formula is C17H18N4O3S2. The van der Waals surface area contributed by atoms with Gasteiger partial charge in [-0.3, -0.25) is 0 Å². The number of piperazine rings is 1. The lowest BCUT2D eigenvalue weighted by Gasteiger charge is -2.33. The summed E-state index contributed by atoms with van der Waals surface area (Å²) >= 11 is 1.53. The Morgan fingerprint density at radius 3 is 2.46 bits per heavy atom. The van der Waals surface area contributed by atoms with Gasteiger partial charge in [-0.25, -0.2) is 18.4 Å². The van der Waals surface area contributed by atoms with Gasteiger partial charge in [-0.1, -0.05) is 11.3 Å². The van der Waals surface area contributed by atoms with E-state index in [0.29, 0.717) is 31.9 Å². The summed E-state index contributed by atoms with van der Waals surface area (Å²) in [6.45, 7) is 2.07. The standard InChI is InChI=1S/C17H18N4O3S2/c1-24-13-4-6-14(7-5-13)26(22,23)21-11-9-20(10-12-21)17-19-15-3-2-8-18-16(15)25-17/h2-8H,9-12H2,1H3. The van der Waals surface area contributed by atoms with E-state index >= 15 is 0 Å². The number of rotatable bonds is 4. The first-order valence-electron chi connectivity index (χ1n) is 8.18. The van der Waals surface area contributed by atoms with Crippen molar-refractivity contribution in [2.45, 2.75) is 4.90 Å². The van der Waals surface area contributed by atoms with Gasteiger partial charge >= 0.3 is 0 Å². The lowest BCUT2D eigenvalue weighted by molar-refractivity contribution is 0.384. The summed E-state index contributed by atoms with van der Waals surface area (Å²) in [4.78, 5) is 12.2. The summed E-state index contributed by atoms with van der Waals surface area (Å²) < 4.78 is 32.2. The Labute approximate surface area is 155 Å². The molecule has 3 aromatic rings. The summed E-state index contributed by atoms with van der Waals surface area (Å²) in [6, 6.07) is 10.3. The maximum absolute atomic E-state index is 12.8. The molecule has 0 amide bonds. The van der Waals surface area contributed by atoms with Crippen molar-refractivity contribution in [1.29, 1.82) is 0 Å². The monoisotopic (exact) mass is 390 g/mol. The van der Waals surface area contributed by atoms with Gasteiger partial charge < -0.3 is 9.64 Å². The number of aromatic nitrogens is 2. The van der Waals surface area contributed by atoms with E-state index in [9.17, 15) is 8.42 Å². The molecule has 0 unspecified atom stereocenters. The number of nitrogens with zero attached hydrogens (tertiary/aromatic N) is 4. The number of hydrogen-bond acceptors (Lipinski definition) is 7. The van der Waals surface area contributed by atoms with Gasteiger partial charge in [-0.2, -0.15) is 4.31 Å². The first-order valence-corrected chi connectivity index (χ1v) is 10.4. The van der Waals surface area contributed by atoms with Gasteiger partial charge in [0.15, 0.2) is 5.13 Å². The van der Waals surface area contributed by atoms with Crippen molar-refractivity contribution < 1.29 is 13.2 Å². The molecule has 1 saturated heterocycles. The lowest BCUT2D eigenvalue weighted by Crippen LogP contribution is -2.48. The van der Waals surface area contributed by atoms with Crippen LogP contribution in [0.1, 0.15) is 0 Å². The van der Waals surface area contributed by atoms with Crippen molar-refractivity contribution in [1.82, 2.24) is 14.3 Å². The van der Waals surface area contributed by atoms with Crippen LogP contribution < -0.4 is 9.64 Å². The smallest absolute Gasteiger partial charge is 0.243 e. The number of sulfonamides is 1. The van der Waals surface area contributed by atoms with E-state index in [1.807, 2.05) is 12.1 Å². The second-order valence-corrected chi connectivity index (χ2v) is 8.78. The number of pyridine rings is 1. The van der Waals surface area contributed by atoms with Crippen molar-refractivity contribution in [2.75, 3.05) is 38.2 Å². The Hall–Kier alpha value is -2.23. The fourth-order valence-corrected chi connectivity index (χ4v) is 5.29. The number of fused-ring (bicyclic) bond motifs is 1. The average molecular weight is 390 g/mol. The van der Waals surface area contributed by atoms with E-state index < -0.39 is 10.0 Å². The SMILES string of the molecule is COc1ccc(S(=O)(=O)N2CCN(c3nc4cccnc4s3)CC2)cc1. The lowest BCUT2D eigenvalue weighted by atomic mass is 10.3. The van der Waals surface area contributed by atoms with E-state index in [1.165, 1.54) is 15.6 Å². The Morgan fingerprint density at radius 2 is 1.81 bits per heavy atom. The molecule has 26 heavy (non-hydrogen) atoms. The number of anilines is 1. The molecular weight excluding hydrogens is 372 g/mol. The molecule has 1 aromatic carbocycles. The van der Waals surface area contributed by atoms with E-state index in [-0.39, 0.29) is 4.90 Å². The number of ether oxygens (including phenoxy) is 1. The molecule has 1 aliphatic rings. The maximum atomic E-state index is 12.8. The topological polar surface area (TPSA) is 75.6 Å². The molecule has 0 saturated carbocycles. The molecule has 1 aliphatic heterocycles. The number of hydrogen-bond donors (Lipinski definition) is 0. The van der Waals surface area contributed by atoms with E-state index in [2.05, 4.69) is 14.9 Å². The van der Waals surface area contributed by atoms with Crippen LogP contribution in [0.25, 0.3) is 10.3 Å². The Morgan fingerprint density at radius 1 is 1.08 bits per heavy atom. The van der Waals surface area contributed by atoms with Gasteiger partial charge in [-0.15, -0.1) is 0 Å². The van der Waals surface area contributed by atoms with Crippen molar-refractivity contribution >= 4 is 36.8 Å². The van der Waals surface area contributed by atoms with Gasteiger partial charge in [0.2, 0.25) is 10.0 Å². The Bertz CT molecular complexity index is 977. The van der Waals surface area contributed by atoms with Crippen LogP contribution in [0.2, 0.25) is 0 Å². The van der Waals surface area contributed by atoms with Crippen LogP contribution in [-0.2, 0) is 10.0 Å². The fraction of sp³-hybridized carbons (Fsp3) is 0.294. The second kappa shape index (κ2) is 6.82. The molecule has 0 aliphatic carbocycles. The predicted molar refractivity (Wildman–Crippen MR) is 101 cm³/mol. The van der Waals surface area contributed by atoms with Crippen molar-refractivity contribution in [3.8, 4) is 5.75 Å². The third-order valence-corrected chi connectivity index (χ3v) is 7.31. The molecule has 9 heteroatoms.